The second kappa shape index (κ2) is 7.22. The first-order chi connectivity index (χ1) is 12.6. The first kappa shape index (κ1) is 17.3. The largest absolute Gasteiger partial charge is 0.372 e. The summed E-state index contributed by atoms with van der Waals surface area (Å²) in [6.07, 6.45) is 2.88. The zero-order valence-electron chi connectivity index (χ0n) is 14.4. The van der Waals surface area contributed by atoms with Gasteiger partial charge in [-0.2, -0.15) is 4.39 Å². The smallest absolute Gasteiger partial charge is 0.224 e. The first-order valence-corrected chi connectivity index (χ1v) is 9.55. The molecule has 1 aliphatic rings. The van der Waals surface area contributed by atoms with Crippen molar-refractivity contribution in [3.8, 4) is 0 Å². The lowest BCUT2D eigenvalue weighted by Crippen LogP contribution is -2.26. The SMILES string of the molecule is CC(Nc1nc(C(O)N2CCCC2)c2sccc2n1)c1ccnc(F)c1. The molecule has 0 amide bonds. The predicted octanol–water partition coefficient (Wildman–Crippen LogP) is 3.49. The van der Waals surface area contributed by atoms with Crippen LogP contribution < -0.4 is 5.32 Å². The van der Waals surface area contributed by atoms with Gasteiger partial charge >= 0.3 is 0 Å². The average molecular weight is 373 g/mol. The van der Waals surface area contributed by atoms with Crippen LogP contribution in [0.5, 0.6) is 0 Å². The molecule has 2 atom stereocenters. The summed E-state index contributed by atoms with van der Waals surface area (Å²) in [5, 5.41) is 16.0. The maximum atomic E-state index is 13.4. The summed E-state index contributed by atoms with van der Waals surface area (Å²) >= 11 is 1.53. The van der Waals surface area contributed by atoms with Gasteiger partial charge in [-0.05, 0) is 48.9 Å². The Morgan fingerprint density at radius 3 is 2.85 bits per heavy atom. The highest BCUT2D eigenvalue weighted by Gasteiger charge is 2.25. The van der Waals surface area contributed by atoms with Crippen molar-refractivity contribution in [2.75, 3.05) is 18.4 Å². The van der Waals surface area contributed by atoms with Crippen LogP contribution in [0.2, 0.25) is 0 Å². The van der Waals surface area contributed by atoms with Gasteiger partial charge in [-0.1, -0.05) is 0 Å². The Balaban J connectivity index is 1.65. The molecule has 0 spiro atoms. The lowest BCUT2D eigenvalue weighted by atomic mass is 10.1. The third-order valence-electron chi connectivity index (χ3n) is 4.66. The average Bonchev–Trinajstić information content (AvgIpc) is 3.32. The summed E-state index contributed by atoms with van der Waals surface area (Å²) in [5.74, 6) is -0.0932. The molecule has 136 valence electrons. The molecule has 1 aliphatic heterocycles. The molecule has 4 rings (SSSR count). The number of nitrogens with zero attached hydrogens (tertiary/aromatic N) is 4. The van der Waals surface area contributed by atoms with E-state index in [0.29, 0.717) is 11.6 Å². The molecule has 0 aromatic carbocycles. The zero-order valence-corrected chi connectivity index (χ0v) is 15.2. The summed E-state index contributed by atoms with van der Waals surface area (Å²) in [5.41, 5.74) is 2.18. The van der Waals surface area contributed by atoms with Crippen molar-refractivity contribution in [3.05, 3.63) is 47.0 Å². The number of rotatable bonds is 5. The Labute approximate surface area is 154 Å². The number of fused-ring (bicyclic) bond motifs is 1. The fourth-order valence-corrected chi connectivity index (χ4v) is 4.09. The van der Waals surface area contributed by atoms with Crippen LogP contribution in [0.15, 0.2) is 29.8 Å². The number of hydrogen-bond acceptors (Lipinski definition) is 7. The van der Waals surface area contributed by atoms with Crippen molar-refractivity contribution >= 4 is 27.5 Å². The maximum absolute atomic E-state index is 13.4. The van der Waals surface area contributed by atoms with Crippen LogP contribution in [-0.4, -0.2) is 38.0 Å². The molecule has 0 aliphatic carbocycles. The molecule has 3 aromatic rings. The van der Waals surface area contributed by atoms with Crippen molar-refractivity contribution in [2.45, 2.75) is 32.0 Å². The van der Waals surface area contributed by atoms with Crippen LogP contribution in [0.3, 0.4) is 0 Å². The number of likely N-dealkylation sites (tertiary alicyclic amines) is 1. The fraction of sp³-hybridized carbons (Fsp3) is 0.389. The van der Waals surface area contributed by atoms with Gasteiger partial charge in [0.05, 0.1) is 16.3 Å². The third-order valence-corrected chi connectivity index (χ3v) is 5.58. The number of halogens is 1. The number of pyridine rings is 1. The lowest BCUT2D eigenvalue weighted by molar-refractivity contribution is 0.0170. The second-order valence-electron chi connectivity index (χ2n) is 6.46. The van der Waals surface area contributed by atoms with E-state index in [9.17, 15) is 9.50 Å². The molecule has 2 unspecified atom stereocenters. The number of aliphatic hydroxyl groups excluding tert-OH is 1. The molecule has 6 nitrogen and oxygen atoms in total. The molecule has 0 radical (unpaired) electrons. The van der Waals surface area contributed by atoms with E-state index in [1.165, 1.54) is 23.6 Å². The summed E-state index contributed by atoms with van der Waals surface area (Å²) in [6, 6.07) is 4.87. The quantitative estimate of drug-likeness (QED) is 0.667. The van der Waals surface area contributed by atoms with Gasteiger partial charge in [0, 0.05) is 19.3 Å². The predicted molar refractivity (Wildman–Crippen MR) is 99.4 cm³/mol. The summed E-state index contributed by atoms with van der Waals surface area (Å²) in [6.45, 7) is 3.65. The van der Waals surface area contributed by atoms with Gasteiger partial charge in [-0.15, -0.1) is 11.3 Å². The highest BCUT2D eigenvalue weighted by Crippen LogP contribution is 2.31. The highest BCUT2D eigenvalue weighted by molar-refractivity contribution is 7.17. The van der Waals surface area contributed by atoms with Crippen LogP contribution in [0.25, 0.3) is 10.2 Å². The zero-order chi connectivity index (χ0) is 18.1. The number of anilines is 1. The molecule has 0 saturated carbocycles. The van der Waals surface area contributed by atoms with E-state index in [1.54, 1.807) is 6.07 Å². The van der Waals surface area contributed by atoms with Crippen molar-refractivity contribution in [3.63, 3.8) is 0 Å². The van der Waals surface area contributed by atoms with E-state index in [0.717, 1.165) is 41.7 Å². The Morgan fingerprint density at radius 1 is 1.27 bits per heavy atom. The molecule has 1 saturated heterocycles. The van der Waals surface area contributed by atoms with Gasteiger partial charge in [-0.25, -0.2) is 15.0 Å². The molecule has 26 heavy (non-hydrogen) atoms. The molecular formula is C18H20FN5OS. The van der Waals surface area contributed by atoms with Crippen LogP contribution in [0.4, 0.5) is 10.3 Å². The van der Waals surface area contributed by atoms with Gasteiger partial charge in [0.15, 0.2) is 6.23 Å². The molecule has 4 heterocycles. The topological polar surface area (TPSA) is 74.2 Å². The number of aromatic nitrogens is 3. The fourth-order valence-electron chi connectivity index (χ4n) is 3.25. The minimum Gasteiger partial charge on any atom is -0.372 e. The summed E-state index contributed by atoms with van der Waals surface area (Å²) < 4.78 is 14.3. The van der Waals surface area contributed by atoms with Gasteiger partial charge in [0.2, 0.25) is 11.9 Å². The second-order valence-corrected chi connectivity index (χ2v) is 7.38. The molecule has 2 N–H and O–H groups in total. The Bertz CT molecular complexity index is 911. The first-order valence-electron chi connectivity index (χ1n) is 8.67. The van der Waals surface area contributed by atoms with E-state index < -0.39 is 12.2 Å². The van der Waals surface area contributed by atoms with E-state index in [4.69, 9.17) is 0 Å². The van der Waals surface area contributed by atoms with E-state index in [2.05, 4.69) is 20.3 Å². The standard InChI is InChI=1S/C18H20FN5OS/c1-11(12-4-6-20-14(19)10-12)21-18-22-13-5-9-26-16(13)15(23-18)17(25)24-7-2-3-8-24/h4-6,9-11,17,25H,2-3,7-8H2,1H3,(H,21,22,23). The van der Waals surface area contributed by atoms with E-state index in [-0.39, 0.29) is 6.04 Å². The normalized spacial score (nSPS) is 17.5. The number of aliphatic hydroxyl groups is 1. The lowest BCUT2D eigenvalue weighted by Gasteiger charge is -2.23. The van der Waals surface area contributed by atoms with Crippen LogP contribution >= 0.6 is 11.3 Å². The van der Waals surface area contributed by atoms with Gasteiger partial charge in [0.1, 0.15) is 5.69 Å². The monoisotopic (exact) mass is 373 g/mol. The third kappa shape index (κ3) is 3.40. The van der Waals surface area contributed by atoms with Crippen LogP contribution in [0.1, 0.15) is 43.3 Å². The summed E-state index contributed by atoms with van der Waals surface area (Å²) in [7, 11) is 0. The molecular weight excluding hydrogens is 353 g/mol. The molecule has 8 heteroatoms. The molecule has 3 aromatic heterocycles. The van der Waals surface area contributed by atoms with E-state index >= 15 is 0 Å². The number of thiophene rings is 1. The number of nitrogens with one attached hydrogen (secondary N) is 1. The van der Waals surface area contributed by atoms with Crippen LogP contribution in [-0.2, 0) is 0 Å². The summed E-state index contributed by atoms with van der Waals surface area (Å²) in [4.78, 5) is 14.8. The molecule has 1 fully saturated rings. The van der Waals surface area contributed by atoms with Gasteiger partial charge < -0.3 is 10.4 Å². The van der Waals surface area contributed by atoms with Crippen LogP contribution in [0, 0.1) is 5.95 Å². The van der Waals surface area contributed by atoms with Gasteiger partial charge in [-0.3, -0.25) is 4.90 Å². The minimum atomic E-state index is -0.740. The van der Waals surface area contributed by atoms with Crippen molar-refractivity contribution < 1.29 is 9.50 Å². The van der Waals surface area contributed by atoms with Crippen molar-refractivity contribution in [1.82, 2.24) is 19.9 Å². The Morgan fingerprint density at radius 2 is 2.08 bits per heavy atom. The molecule has 0 bridgehead atoms. The number of hydrogen-bond donors (Lipinski definition) is 2. The minimum absolute atomic E-state index is 0.194. The van der Waals surface area contributed by atoms with Crippen molar-refractivity contribution in [2.24, 2.45) is 0 Å². The maximum Gasteiger partial charge on any atom is 0.224 e. The Kier molecular flexibility index (Phi) is 4.80. The highest BCUT2D eigenvalue weighted by atomic mass is 32.1. The Hall–Kier alpha value is -2.16. The van der Waals surface area contributed by atoms with Crippen molar-refractivity contribution in [1.29, 1.82) is 0 Å². The van der Waals surface area contributed by atoms with E-state index in [1.807, 2.05) is 23.3 Å². The van der Waals surface area contributed by atoms with Gasteiger partial charge in [0.25, 0.3) is 0 Å².